The maximum Gasteiger partial charge on any atom is 0.145 e. The molecule has 7 nitrogen and oxygen atoms in total. The van der Waals surface area contributed by atoms with Crippen LogP contribution in [-0.2, 0) is 7.05 Å². The van der Waals surface area contributed by atoms with E-state index in [2.05, 4.69) is 25.8 Å². The first kappa shape index (κ1) is 11.0. The van der Waals surface area contributed by atoms with Crippen molar-refractivity contribution in [2.24, 2.45) is 12.9 Å². The van der Waals surface area contributed by atoms with E-state index < -0.39 is 0 Å². The van der Waals surface area contributed by atoms with Crippen molar-refractivity contribution in [2.45, 2.75) is 18.8 Å². The van der Waals surface area contributed by atoms with E-state index in [0.29, 0.717) is 11.7 Å². The summed E-state index contributed by atoms with van der Waals surface area (Å²) in [6.45, 7) is 0. The van der Waals surface area contributed by atoms with Gasteiger partial charge in [0.1, 0.15) is 17.5 Å². The van der Waals surface area contributed by atoms with Crippen LogP contribution < -0.4 is 16.6 Å². The Hall–Kier alpha value is -2.15. The minimum Gasteiger partial charge on any atom is -0.337 e. The molecule has 0 aliphatic heterocycles. The zero-order valence-corrected chi connectivity index (χ0v) is 10.1. The fraction of sp³-hybridized carbons (Fsp3) is 0.364. The molecule has 0 saturated heterocycles. The van der Waals surface area contributed by atoms with E-state index in [9.17, 15) is 0 Å². The number of nitrogens with zero attached hydrogens (tertiary/aromatic N) is 4. The SMILES string of the molecule is Cn1cc(Nc2cc(NN)nc(C3CC3)n2)cn1. The molecular formula is C11H15N7. The minimum absolute atomic E-state index is 0.479. The van der Waals surface area contributed by atoms with E-state index in [1.54, 1.807) is 16.9 Å². The topological polar surface area (TPSA) is 93.7 Å². The number of nitrogens with one attached hydrogen (secondary N) is 2. The van der Waals surface area contributed by atoms with Crippen molar-refractivity contribution in [1.82, 2.24) is 19.7 Å². The van der Waals surface area contributed by atoms with Gasteiger partial charge in [0.2, 0.25) is 0 Å². The molecule has 0 atom stereocenters. The Balaban J connectivity index is 1.88. The van der Waals surface area contributed by atoms with E-state index in [1.165, 1.54) is 0 Å². The summed E-state index contributed by atoms with van der Waals surface area (Å²) >= 11 is 0. The van der Waals surface area contributed by atoms with Crippen molar-refractivity contribution in [3.05, 3.63) is 24.3 Å². The molecule has 0 bridgehead atoms. The first-order valence-corrected chi connectivity index (χ1v) is 5.86. The Morgan fingerprint density at radius 1 is 1.33 bits per heavy atom. The highest BCUT2D eigenvalue weighted by atomic mass is 15.3. The first-order valence-electron chi connectivity index (χ1n) is 5.86. The third-order valence-electron chi connectivity index (χ3n) is 2.81. The molecule has 18 heavy (non-hydrogen) atoms. The van der Waals surface area contributed by atoms with Crippen molar-refractivity contribution in [2.75, 3.05) is 10.7 Å². The first-order chi connectivity index (χ1) is 8.74. The van der Waals surface area contributed by atoms with Crippen LogP contribution in [0.2, 0.25) is 0 Å². The Morgan fingerprint density at radius 2 is 2.11 bits per heavy atom. The average molecular weight is 245 g/mol. The van der Waals surface area contributed by atoms with Crippen LogP contribution in [0.3, 0.4) is 0 Å². The molecule has 0 radical (unpaired) electrons. The van der Waals surface area contributed by atoms with Gasteiger partial charge in [-0.25, -0.2) is 15.8 Å². The van der Waals surface area contributed by atoms with Crippen LogP contribution in [0.1, 0.15) is 24.6 Å². The Labute approximate surface area is 104 Å². The Kier molecular flexibility index (Phi) is 2.60. The summed E-state index contributed by atoms with van der Waals surface area (Å²) in [6, 6.07) is 1.78. The van der Waals surface area contributed by atoms with E-state index in [4.69, 9.17) is 5.84 Å². The van der Waals surface area contributed by atoms with Gasteiger partial charge >= 0.3 is 0 Å². The third kappa shape index (κ3) is 2.25. The molecule has 2 aromatic heterocycles. The van der Waals surface area contributed by atoms with E-state index >= 15 is 0 Å². The predicted molar refractivity (Wildman–Crippen MR) is 68.3 cm³/mol. The molecule has 1 fully saturated rings. The van der Waals surface area contributed by atoms with E-state index in [-0.39, 0.29) is 0 Å². The molecule has 0 aromatic carbocycles. The summed E-state index contributed by atoms with van der Waals surface area (Å²) in [5, 5.41) is 7.29. The summed E-state index contributed by atoms with van der Waals surface area (Å²) in [5.74, 6) is 8.10. The number of hydrazine groups is 1. The van der Waals surface area contributed by atoms with Crippen molar-refractivity contribution in [3.63, 3.8) is 0 Å². The quantitative estimate of drug-likeness (QED) is 0.552. The summed E-state index contributed by atoms with van der Waals surface area (Å²) in [7, 11) is 1.87. The molecule has 1 aliphatic carbocycles. The zero-order valence-electron chi connectivity index (χ0n) is 10.1. The average Bonchev–Trinajstić information content (AvgIpc) is 3.14. The van der Waals surface area contributed by atoms with Gasteiger partial charge in [0.25, 0.3) is 0 Å². The lowest BCUT2D eigenvalue weighted by molar-refractivity contribution is 0.768. The smallest absolute Gasteiger partial charge is 0.145 e. The molecule has 4 N–H and O–H groups in total. The van der Waals surface area contributed by atoms with Gasteiger partial charge in [-0.3, -0.25) is 4.68 Å². The molecular weight excluding hydrogens is 230 g/mol. The number of nitrogens with two attached hydrogens (primary N) is 1. The number of rotatable bonds is 4. The Bertz CT molecular complexity index is 558. The molecule has 3 rings (SSSR count). The molecule has 1 saturated carbocycles. The van der Waals surface area contributed by atoms with Gasteiger partial charge < -0.3 is 10.7 Å². The van der Waals surface area contributed by atoms with Gasteiger partial charge in [0.05, 0.1) is 11.9 Å². The van der Waals surface area contributed by atoms with Crippen molar-refractivity contribution < 1.29 is 0 Å². The van der Waals surface area contributed by atoms with Gasteiger partial charge in [-0.05, 0) is 12.8 Å². The fourth-order valence-electron chi connectivity index (χ4n) is 1.76. The van der Waals surface area contributed by atoms with Crippen LogP contribution in [0.15, 0.2) is 18.5 Å². The lowest BCUT2D eigenvalue weighted by atomic mass is 10.3. The van der Waals surface area contributed by atoms with Crippen LogP contribution >= 0.6 is 0 Å². The maximum atomic E-state index is 5.42. The molecule has 1 aliphatic rings. The molecule has 0 unspecified atom stereocenters. The molecule has 2 heterocycles. The van der Waals surface area contributed by atoms with Crippen LogP contribution in [-0.4, -0.2) is 19.7 Å². The van der Waals surface area contributed by atoms with Crippen LogP contribution in [0, 0.1) is 0 Å². The fourth-order valence-corrected chi connectivity index (χ4v) is 1.76. The van der Waals surface area contributed by atoms with Crippen molar-refractivity contribution >= 4 is 17.3 Å². The van der Waals surface area contributed by atoms with Gasteiger partial charge in [0, 0.05) is 25.2 Å². The molecule has 0 spiro atoms. The van der Waals surface area contributed by atoms with Crippen LogP contribution in [0.25, 0.3) is 0 Å². The second-order valence-corrected chi connectivity index (χ2v) is 4.44. The van der Waals surface area contributed by atoms with Crippen LogP contribution in [0.5, 0.6) is 0 Å². The normalized spacial score (nSPS) is 14.6. The number of hydrogen-bond donors (Lipinski definition) is 3. The van der Waals surface area contributed by atoms with Gasteiger partial charge in [-0.2, -0.15) is 5.10 Å². The monoisotopic (exact) mass is 245 g/mol. The summed E-state index contributed by atoms with van der Waals surface area (Å²) < 4.78 is 1.73. The maximum absolute atomic E-state index is 5.42. The predicted octanol–water partition coefficient (Wildman–Crippen LogP) is 1.12. The van der Waals surface area contributed by atoms with Gasteiger partial charge in [-0.1, -0.05) is 0 Å². The number of nitrogen functional groups attached to an aromatic ring is 1. The summed E-state index contributed by atoms with van der Waals surface area (Å²) in [4.78, 5) is 8.85. The minimum atomic E-state index is 0.479. The summed E-state index contributed by atoms with van der Waals surface area (Å²) in [6.07, 6.45) is 5.93. The standard InChI is InChI=1S/C11H15N7/c1-18-6-8(5-13-18)14-9-4-10(17-12)16-11(15-9)7-2-3-7/h4-7H,2-3,12H2,1H3,(H2,14,15,16,17). The number of anilines is 3. The highest BCUT2D eigenvalue weighted by Gasteiger charge is 2.27. The van der Waals surface area contributed by atoms with E-state index in [0.717, 1.165) is 30.2 Å². The highest BCUT2D eigenvalue weighted by Crippen LogP contribution is 2.38. The number of aryl methyl sites for hydroxylation is 1. The third-order valence-corrected chi connectivity index (χ3v) is 2.81. The second kappa shape index (κ2) is 4.26. The Morgan fingerprint density at radius 3 is 2.72 bits per heavy atom. The lowest BCUT2D eigenvalue weighted by Gasteiger charge is -2.07. The number of hydrogen-bond acceptors (Lipinski definition) is 6. The number of aromatic nitrogens is 4. The van der Waals surface area contributed by atoms with Gasteiger partial charge in [0.15, 0.2) is 0 Å². The van der Waals surface area contributed by atoms with Crippen LogP contribution in [0.4, 0.5) is 17.3 Å². The van der Waals surface area contributed by atoms with E-state index in [1.807, 2.05) is 13.2 Å². The highest BCUT2D eigenvalue weighted by molar-refractivity contribution is 5.57. The molecule has 0 amide bonds. The summed E-state index contributed by atoms with van der Waals surface area (Å²) in [5.41, 5.74) is 3.46. The zero-order chi connectivity index (χ0) is 12.5. The molecule has 94 valence electrons. The van der Waals surface area contributed by atoms with Gasteiger partial charge in [-0.15, -0.1) is 0 Å². The largest absolute Gasteiger partial charge is 0.337 e. The lowest BCUT2D eigenvalue weighted by Crippen LogP contribution is -2.11. The van der Waals surface area contributed by atoms with Crippen molar-refractivity contribution in [1.29, 1.82) is 0 Å². The second-order valence-electron chi connectivity index (χ2n) is 4.44. The molecule has 7 heteroatoms. The van der Waals surface area contributed by atoms with Crippen molar-refractivity contribution in [3.8, 4) is 0 Å². The molecule has 2 aromatic rings.